The van der Waals surface area contributed by atoms with E-state index in [1.807, 2.05) is 6.07 Å². The number of nitrogens with zero attached hydrogens (tertiary/aromatic N) is 1. The minimum atomic E-state index is -1.06. The van der Waals surface area contributed by atoms with Gasteiger partial charge in [0.25, 0.3) is 0 Å². The molecule has 124 valence electrons. The molecular formula is C18H18N2O4. The molecule has 6 nitrogen and oxygen atoms in total. The molecule has 0 spiro atoms. The van der Waals surface area contributed by atoms with Gasteiger partial charge in [-0.3, -0.25) is 0 Å². The molecule has 1 aliphatic heterocycles. The summed E-state index contributed by atoms with van der Waals surface area (Å²) in [6, 6.07) is 15.7. The number of hydrogen-bond acceptors (Lipinski definition) is 5. The highest BCUT2D eigenvalue weighted by Crippen LogP contribution is 2.19. The second kappa shape index (κ2) is 7.61. The van der Waals surface area contributed by atoms with Crippen LogP contribution < -0.4 is 10.1 Å². The molecule has 0 fully saturated rings. The van der Waals surface area contributed by atoms with Gasteiger partial charge >= 0.3 is 12.0 Å². The summed E-state index contributed by atoms with van der Waals surface area (Å²) in [7, 11) is 0. The number of hydrogen-bond donors (Lipinski definition) is 2. The normalized spacial score (nSPS) is 12.8. The number of fused-ring (bicyclic) bond motifs is 2. The van der Waals surface area contributed by atoms with E-state index in [1.54, 1.807) is 18.2 Å². The molecule has 0 unspecified atom stereocenters. The molecule has 0 aliphatic carbocycles. The monoisotopic (exact) mass is 326 g/mol. The van der Waals surface area contributed by atoms with E-state index in [9.17, 15) is 4.79 Å². The van der Waals surface area contributed by atoms with Gasteiger partial charge in [-0.25, -0.2) is 4.79 Å². The van der Waals surface area contributed by atoms with Crippen molar-refractivity contribution >= 4 is 17.1 Å². The van der Waals surface area contributed by atoms with Crippen molar-refractivity contribution in [3.8, 4) is 6.08 Å². The van der Waals surface area contributed by atoms with Crippen molar-refractivity contribution in [2.24, 2.45) is 0 Å². The molecule has 0 radical (unpaired) electrons. The Morgan fingerprint density at radius 1 is 1.17 bits per heavy atom. The van der Waals surface area contributed by atoms with E-state index >= 15 is 0 Å². The lowest BCUT2D eigenvalue weighted by Gasteiger charge is -2.15. The zero-order valence-electron chi connectivity index (χ0n) is 13.1. The van der Waals surface area contributed by atoms with Crippen molar-refractivity contribution in [2.75, 3.05) is 13.2 Å². The summed E-state index contributed by atoms with van der Waals surface area (Å²) in [5.41, 5.74) is 4.20. The van der Waals surface area contributed by atoms with Crippen LogP contribution in [0.3, 0.4) is 0 Å². The zero-order valence-corrected chi connectivity index (χ0v) is 13.1. The molecule has 0 bridgehead atoms. The van der Waals surface area contributed by atoms with E-state index in [1.165, 1.54) is 17.5 Å². The predicted octanol–water partition coefficient (Wildman–Crippen LogP) is 2.62. The molecule has 1 aromatic heterocycles. The third kappa shape index (κ3) is 4.11. The number of nitrogens with one attached hydrogen (secondary N) is 1. The summed E-state index contributed by atoms with van der Waals surface area (Å²) < 4.78 is 9.90. The van der Waals surface area contributed by atoms with Crippen LogP contribution in [0, 0.1) is 0 Å². The quantitative estimate of drug-likeness (QED) is 0.770. The van der Waals surface area contributed by atoms with Crippen LogP contribution in [0.25, 0.3) is 11.1 Å². The summed E-state index contributed by atoms with van der Waals surface area (Å²) in [4.78, 5) is 14.1. The lowest BCUT2D eigenvalue weighted by molar-refractivity contribution is -0.139. The smallest absolute Gasteiger partial charge is 0.395 e. The zero-order chi connectivity index (χ0) is 16.8. The Labute approximate surface area is 139 Å². The predicted molar refractivity (Wildman–Crippen MR) is 89.0 cm³/mol. The first-order valence-corrected chi connectivity index (χ1v) is 7.70. The lowest BCUT2D eigenvalue weighted by Crippen LogP contribution is -2.23. The fraction of sp³-hybridized carbons (Fsp3) is 0.222. The molecule has 1 aliphatic rings. The van der Waals surface area contributed by atoms with Gasteiger partial charge in [-0.15, -0.1) is 0 Å². The molecule has 4 rings (SSSR count). The number of benzene rings is 2. The minimum absolute atomic E-state index is 0.0198. The Morgan fingerprint density at radius 2 is 1.92 bits per heavy atom. The number of para-hydroxylation sites is 2. The summed E-state index contributed by atoms with van der Waals surface area (Å²) in [5, 5.41) is 11.7. The molecule has 2 heterocycles. The van der Waals surface area contributed by atoms with Crippen LogP contribution in [-0.4, -0.2) is 29.2 Å². The Hall–Kier alpha value is -2.86. The van der Waals surface area contributed by atoms with Gasteiger partial charge in [0.05, 0.1) is 0 Å². The molecule has 2 aromatic carbocycles. The summed E-state index contributed by atoms with van der Waals surface area (Å²) in [6.45, 7) is 1.74. The van der Waals surface area contributed by atoms with Crippen LogP contribution in [0.5, 0.6) is 6.08 Å². The SMILES string of the molecule is O=C(O)COc1nc2ccccc2o1.c1ccc2c(c1)CCNC2. The highest BCUT2D eigenvalue weighted by molar-refractivity contribution is 5.73. The largest absolute Gasteiger partial charge is 0.479 e. The molecule has 0 amide bonds. The Balaban J connectivity index is 0.000000149. The standard InChI is InChI=1S/C9H7NO4.C9H11N/c11-8(12)5-13-9-10-6-3-1-2-4-7(6)14-9;1-2-4-9-7-10-6-5-8(9)3-1/h1-4H,5H2,(H,11,12);1-4,10H,5-7H2. The Kier molecular flexibility index (Phi) is 5.08. The van der Waals surface area contributed by atoms with Crippen LogP contribution in [0.15, 0.2) is 52.9 Å². The van der Waals surface area contributed by atoms with Crippen LogP contribution in [-0.2, 0) is 17.8 Å². The van der Waals surface area contributed by atoms with Gasteiger partial charge in [0, 0.05) is 6.54 Å². The van der Waals surface area contributed by atoms with E-state index in [2.05, 4.69) is 34.6 Å². The number of carboxylic acid groups (broad SMARTS) is 1. The van der Waals surface area contributed by atoms with Crippen LogP contribution in [0.1, 0.15) is 11.1 Å². The van der Waals surface area contributed by atoms with Crippen molar-refractivity contribution in [2.45, 2.75) is 13.0 Å². The minimum Gasteiger partial charge on any atom is -0.479 e. The second-order valence-electron chi connectivity index (χ2n) is 5.33. The highest BCUT2D eigenvalue weighted by atomic mass is 16.6. The molecule has 0 atom stereocenters. The average molecular weight is 326 g/mol. The van der Waals surface area contributed by atoms with Crippen molar-refractivity contribution in [3.63, 3.8) is 0 Å². The Morgan fingerprint density at radius 3 is 2.67 bits per heavy atom. The summed E-state index contributed by atoms with van der Waals surface area (Å²) >= 11 is 0. The average Bonchev–Trinajstić information content (AvgIpc) is 3.04. The van der Waals surface area contributed by atoms with Crippen LogP contribution in [0.4, 0.5) is 0 Å². The van der Waals surface area contributed by atoms with Crippen molar-refractivity contribution in [1.82, 2.24) is 10.3 Å². The first-order chi connectivity index (χ1) is 11.7. The van der Waals surface area contributed by atoms with E-state index in [4.69, 9.17) is 14.3 Å². The first-order valence-electron chi connectivity index (χ1n) is 7.70. The van der Waals surface area contributed by atoms with E-state index in [0.717, 1.165) is 13.1 Å². The molecular weight excluding hydrogens is 308 g/mol. The maximum absolute atomic E-state index is 10.2. The summed E-state index contributed by atoms with van der Waals surface area (Å²) in [6.07, 6.45) is 1.17. The highest BCUT2D eigenvalue weighted by Gasteiger charge is 2.07. The topological polar surface area (TPSA) is 84.6 Å². The molecule has 3 aromatic rings. The van der Waals surface area contributed by atoms with E-state index in [-0.39, 0.29) is 6.08 Å². The number of oxazole rings is 1. The molecule has 2 N–H and O–H groups in total. The molecule has 24 heavy (non-hydrogen) atoms. The van der Waals surface area contributed by atoms with Gasteiger partial charge in [0.2, 0.25) is 0 Å². The number of ether oxygens (including phenoxy) is 1. The lowest BCUT2D eigenvalue weighted by atomic mass is 10.0. The van der Waals surface area contributed by atoms with Gasteiger partial charge in [-0.2, -0.15) is 4.98 Å². The number of carbonyl (C=O) groups is 1. The maximum Gasteiger partial charge on any atom is 0.395 e. The summed E-state index contributed by atoms with van der Waals surface area (Å²) in [5.74, 6) is -1.06. The van der Waals surface area contributed by atoms with Crippen molar-refractivity contribution in [1.29, 1.82) is 0 Å². The Bertz CT molecular complexity index is 771. The fourth-order valence-corrected chi connectivity index (χ4v) is 2.46. The van der Waals surface area contributed by atoms with Gasteiger partial charge in [-0.1, -0.05) is 36.4 Å². The number of aliphatic carboxylic acids is 1. The third-order valence-electron chi connectivity index (χ3n) is 3.60. The molecule has 0 saturated heterocycles. The van der Waals surface area contributed by atoms with Crippen molar-refractivity contribution < 1.29 is 19.1 Å². The molecule has 6 heteroatoms. The van der Waals surface area contributed by atoms with Gasteiger partial charge < -0.3 is 19.6 Å². The van der Waals surface area contributed by atoms with E-state index in [0.29, 0.717) is 11.1 Å². The maximum atomic E-state index is 10.2. The fourth-order valence-electron chi connectivity index (χ4n) is 2.46. The van der Waals surface area contributed by atoms with Crippen LogP contribution >= 0.6 is 0 Å². The van der Waals surface area contributed by atoms with Crippen molar-refractivity contribution in [3.05, 3.63) is 59.7 Å². The van der Waals surface area contributed by atoms with Gasteiger partial charge in [0.15, 0.2) is 12.2 Å². The number of carboxylic acids is 1. The van der Waals surface area contributed by atoms with Crippen LogP contribution in [0.2, 0.25) is 0 Å². The number of aromatic nitrogens is 1. The molecule has 0 saturated carbocycles. The van der Waals surface area contributed by atoms with E-state index < -0.39 is 12.6 Å². The third-order valence-corrected chi connectivity index (χ3v) is 3.60. The second-order valence-corrected chi connectivity index (χ2v) is 5.33. The van der Waals surface area contributed by atoms with Gasteiger partial charge in [0.1, 0.15) is 5.52 Å². The van der Waals surface area contributed by atoms with Gasteiger partial charge in [-0.05, 0) is 36.2 Å². The first kappa shape index (κ1) is 16.0. The number of rotatable bonds is 3.